The Morgan fingerprint density at radius 2 is 1.95 bits per heavy atom. The van der Waals surface area contributed by atoms with Crippen LogP contribution in [-0.4, -0.2) is 24.4 Å². The number of carbonyl (C=O) groups is 1. The van der Waals surface area contributed by atoms with Crippen LogP contribution in [0.5, 0.6) is 0 Å². The van der Waals surface area contributed by atoms with Crippen molar-refractivity contribution in [1.29, 1.82) is 0 Å². The molecule has 0 unspecified atom stereocenters. The summed E-state index contributed by atoms with van der Waals surface area (Å²) < 4.78 is 4.67. The van der Waals surface area contributed by atoms with Gasteiger partial charge in [-0.25, -0.2) is 4.79 Å². The zero-order chi connectivity index (χ0) is 15.8. The van der Waals surface area contributed by atoms with Crippen LogP contribution in [0, 0.1) is 0 Å². The summed E-state index contributed by atoms with van der Waals surface area (Å²) in [7, 11) is 1.34. The molecule has 22 heavy (non-hydrogen) atoms. The van der Waals surface area contributed by atoms with Gasteiger partial charge in [0, 0.05) is 5.69 Å². The van der Waals surface area contributed by atoms with Crippen LogP contribution in [0.25, 0.3) is 0 Å². The Bertz CT molecular complexity index is 687. The minimum atomic E-state index is -0.398. The molecular weight excluding hydrogens is 298 g/mol. The topological polar surface area (TPSA) is 62.7 Å². The summed E-state index contributed by atoms with van der Waals surface area (Å²) in [6, 6.07) is 16.5. The summed E-state index contributed by atoms with van der Waals surface area (Å²) in [5, 5.41) is 7.32. The fourth-order valence-electron chi connectivity index (χ4n) is 1.71. The zero-order valence-corrected chi connectivity index (χ0v) is 12.8. The molecule has 0 spiro atoms. The SMILES string of the molecule is COC(=O)c1cccc(NC(=S)N/N=C\c2ccccc2)c1. The molecule has 2 aromatic rings. The molecule has 2 rings (SSSR count). The van der Waals surface area contributed by atoms with Gasteiger partial charge in [0.25, 0.3) is 0 Å². The van der Waals surface area contributed by atoms with E-state index < -0.39 is 5.97 Å². The number of nitrogens with one attached hydrogen (secondary N) is 2. The Morgan fingerprint density at radius 1 is 1.18 bits per heavy atom. The predicted molar refractivity (Wildman–Crippen MR) is 91.2 cm³/mol. The zero-order valence-electron chi connectivity index (χ0n) is 11.9. The second-order valence-corrected chi connectivity index (χ2v) is 4.72. The van der Waals surface area contributed by atoms with E-state index in [4.69, 9.17) is 12.2 Å². The molecule has 0 atom stereocenters. The van der Waals surface area contributed by atoms with Gasteiger partial charge < -0.3 is 10.1 Å². The normalized spacial score (nSPS) is 10.2. The highest BCUT2D eigenvalue weighted by molar-refractivity contribution is 7.80. The third-order valence-electron chi connectivity index (χ3n) is 2.72. The fourth-order valence-corrected chi connectivity index (χ4v) is 1.88. The molecule has 0 heterocycles. The van der Waals surface area contributed by atoms with Crippen LogP contribution in [0.1, 0.15) is 15.9 Å². The number of hydrogen-bond donors (Lipinski definition) is 2. The van der Waals surface area contributed by atoms with E-state index in [9.17, 15) is 4.79 Å². The molecule has 0 amide bonds. The minimum Gasteiger partial charge on any atom is -0.465 e. The van der Waals surface area contributed by atoms with E-state index in [0.29, 0.717) is 16.4 Å². The Balaban J connectivity index is 1.92. The minimum absolute atomic E-state index is 0.328. The third kappa shape index (κ3) is 4.68. The van der Waals surface area contributed by atoms with Crippen LogP contribution in [-0.2, 0) is 4.74 Å². The molecule has 0 radical (unpaired) electrons. The molecule has 0 saturated carbocycles. The van der Waals surface area contributed by atoms with Crippen molar-refractivity contribution in [3.8, 4) is 0 Å². The predicted octanol–water partition coefficient (Wildman–Crippen LogP) is 2.79. The molecular formula is C16H15N3O2S. The second kappa shape index (κ2) is 7.90. The van der Waals surface area contributed by atoms with Gasteiger partial charge in [0.1, 0.15) is 0 Å². The summed E-state index contributed by atoms with van der Waals surface area (Å²) >= 11 is 5.14. The smallest absolute Gasteiger partial charge is 0.337 e. The Morgan fingerprint density at radius 3 is 2.68 bits per heavy atom. The van der Waals surface area contributed by atoms with Crippen LogP contribution in [0.3, 0.4) is 0 Å². The molecule has 0 fully saturated rings. The molecule has 0 saturated heterocycles. The Hall–Kier alpha value is -2.73. The standard InChI is InChI=1S/C16H15N3O2S/c1-21-15(20)13-8-5-9-14(10-13)18-16(22)19-17-11-12-6-3-2-4-7-12/h2-11H,1H3,(H2,18,19,22)/b17-11-. The number of esters is 1. The average molecular weight is 313 g/mol. The van der Waals surface area contributed by atoms with Crippen LogP contribution in [0.15, 0.2) is 59.7 Å². The number of anilines is 1. The van der Waals surface area contributed by atoms with E-state index in [1.54, 1.807) is 30.5 Å². The number of hydrogen-bond acceptors (Lipinski definition) is 4. The number of methoxy groups -OCH3 is 1. The monoisotopic (exact) mass is 313 g/mol. The van der Waals surface area contributed by atoms with Crippen molar-refractivity contribution >= 4 is 35.2 Å². The molecule has 0 aliphatic heterocycles. The molecule has 0 aliphatic rings. The van der Waals surface area contributed by atoms with Crippen LogP contribution < -0.4 is 10.7 Å². The number of thiocarbonyl (C=S) groups is 1. The lowest BCUT2D eigenvalue weighted by Crippen LogP contribution is -2.24. The first kappa shape index (κ1) is 15.7. The van der Waals surface area contributed by atoms with Gasteiger partial charge >= 0.3 is 5.97 Å². The summed E-state index contributed by atoms with van der Waals surface area (Å²) in [5.74, 6) is -0.398. The first-order chi connectivity index (χ1) is 10.7. The highest BCUT2D eigenvalue weighted by Crippen LogP contribution is 2.11. The van der Waals surface area contributed by atoms with Crippen molar-refractivity contribution in [2.24, 2.45) is 5.10 Å². The highest BCUT2D eigenvalue weighted by atomic mass is 32.1. The average Bonchev–Trinajstić information content (AvgIpc) is 2.55. The van der Waals surface area contributed by atoms with Crippen LogP contribution in [0.4, 0.5) is 5.69 Å². The number of rotatable bonds is 4. The largest absolute Gasteiger partial charge is 0.465 e. The first-order valence-electron chi connectivity index (χ1n) is 6.52. The van der Waals surface area contributed by atoms with Gasteiger partial charge in [-0.3, -0.25) is 5.43 Å². The highest BCUT2D eigenvalue weighted by Gasteiger charge is 2.05. The number of hydrazone groups is 1. The number of benzene rings is 2. The summed E-state index contributed by atoms with van der Waals surface area (Å²) in [6.45, 7) is 0. The summed E-state index contributed by atoms with van der Waals surface area (Å²) in [6.07, 6.45) is 1.67. The fraction of sp³-hybridized carbons (Fsp3) is 0.0625. The van der Waals surface area contributed by atoms with Crippen LogP contribution >= 0.6 is 12.2 Å². The van der Waals surface area contributed by atoms with Gasteiger partial charge in [0.15, 0.2) is 5.11 Å². The van der Waals surface area contributed by atoms with Crippen molar-refractivity contribution in [2.75, 3.05) is 12.4 Å². The van der Waals surface area contributed by atoms with Crippen molar-refractivity contribution < 1.29 is 9.53 Å². The van der Waals surface area contributed by atoms with Gasteiger partial charge in [-0.1, -0.05) is 36.4 Å². The molecule has 0 aliphatic carbocycles. The van der Waals surface area contributed by atoms with Gasteiger partial charge in [-0.2, -0.15) is 5.10 Å². The van der Waals surface area contributed by atoms with E-state index in [1.807, 2.05) is 30.3 Å². The van der Waals surface area contributed by atoms with Gasteiger partial charge in [-0.05, 0) is 36.0 Å². The lowest BCUT2D eigenvalue weighted by molar-refractivity contribution is 0.0601. The maximum absolute atomic E-state index is 11.5. The number of nitrogens with zero attached hydrogens (tertiary/aromatic N) is 1. The first-order valence-corrected chi connectivity index (χ1v) is 6.93. The lowest BCUT2D eigenvalue weighted by atomic mass is 10.2. The van der Waals surface area contributed by atoms with Crippen molar-refractivity contribution in [1.82, 2.24) is 5.43 Å². The molecule has 2 N–H and O–H groups in total. The van der Waals surface area contributed by atoms with Gasteiger partial charge in [-0.15, -0.1) is 0 Å². The van der Waals surface area contributed by atoms with Gasteiger partial charge in [0.05, 0.1) is 18.9 Å². The molecule has 0 aromatic heterocycles. The molecule has 0 bridgehead atoms. The van der Waals surface area contributed by atoms with E-state index in [1.165, 1.54) is 7.11 Å². The van der Waals surface area contributed by atoms with Gasteiger partial charge in [0.2, 0.25) is 0 Å². The van der Waals surface area contributed by atoms with Crippen molar-refractivity contribution in [3.05, 3.63) is 65.7 Å². The summed E-state index contributed by atoms with van der Waals surface area (Å²) in [4.78, 5) is 11.5. The van der Waals surface area contributed by atoms with E-state index in [-0.39, 0.29) is 0 Å². The van der Waals surface area contributed by atoms with E-state index in [2.05, 4.69) is 20.6 Å². The van der Waals surface area contributed by atoms with E-state index >= 15 is 0 Å². The van der Waals surface area contributed by atoms with Crippen LogP contribution in [0.2, 0.25) is 0 Å². The van der Waals surface area contributed by atoms with Crippen molar-refractivity contribution in [2.45, 2.75) is 0 Å². The quantitative estimate of drug-likeness (QED) is 0.393. The third-order valence-corrected chi connectivity index (χ3v) is 2.91. The summed E-state index contributed by atoms with van der Waals surface area (Å²) in [5.41, 5.74) is 4.80. The molecule has 6 heteroatoms. The maximum atomic E-state index is 11.5. The van der Waals surface area contributed by atoms with Crippen molar-refractivity contribution in [3.63, 3.8) is 0 Å². The number of ether oxygens (including phenoxy) is 1. The molecule has 5 nitrogen and oxygen atoms in total. The maximum Gasteiger partial charge on any atom is 0.337 e. The number of carbonyl (C=O) groups excluding carboxylic acids is 1. The molecule has 2 aromatic carbocycles. The molecule has 112 valence electrons. The Labute approximate surface area is 134 Å². The Kier molecular flexibility index (Phi) is 5.62. The second-order valence-electron chi connectivity index (χ2n) is 4.31. The lowest BCUT2D eigenvalue weighted by Gasteiger charge is -2.08. The van der Waals surface area contributed by atoms with E-state index in [0.717, 1.165) is 5.56 Å².